The molecule has 0 spiro atoms. The number of rotatable bonds is 5. The van der Waals surface area contributed by atoms with Gasteiger partial charge in [-0.1, -0.05) is 18.2 Å². The zero-order valence-electron chi connectivity index (χ0n) is 9.42. The van der Waals surface area contributed by atoms with Crippen LogP contribution in [-0.2, 0) is 0 Å². The van der Waals surface area contributed by atoms with Crippen molar-refractivity contribution in [2.24, 2.45) is 0 Å². The van der Waals surface area contributed by atoms with E-state index >= 15 is 0 Å². The molecule has 0 radical (unpaired) electrons. The third-order valence-electron chi connectivity index (χ3n) is 2.11. The van der Waals surface area contributed by atoms with Gasteiger partial charge in [0.05, 0.1) is 11.0 Å². The second-order valence-corrected chi connectivity index (χ2v) is 3.58. The Morgan fingerprint density at radius 1 is 1.50 bits per heavy atom. The maximum absolute atomic E-state index is 10.4. The monoisotopic (exact) mass is 221 g/mol. The number of hydrogen-bond acceptors (Lipinski definition) is 3. The van der Waals surface area contributed by atoms with Gasteiger partial charge in [0.2, 0.25) is 5.70 Å². The molecule has 0 aliphatic carbocycles. The fraction of sp³-hybridized carbons (Fsp3) is 0.333. The Kier molecular flexibility index (Phi) is 4.51. The second kappa shape index (κ2) is 5.90. The van der Waals surface area contributed by atoms with Gasteiger partial charge in [0.25, 0.3) is 0 Å². The summed E-state index contributed by atoms with van der Waals surface area (Å²) in [5, 5.41) is 10.4. The standard InChI is InChI=1S/C12H15NO3/c1-10(13(14)15)8-9-11(2)16-12-6-4-3-5-7-12/h3-8,11H,9H2,1-2H3/b10-8+. The highest BCUT2D eigenvalue weighted by Crippen LogP contribution is 2.13. The van der Waals surface area contributed by atoms with Crippen LogP contribution in [0.15, 0.2) is 42.1 Å². The summed E-state index contributed by atoms with van der Waals surface area (Å²) in [6, 6.07) is 9.41. The minimum atomic E-state index is -0.394. The van der Waals surface area contributed by atoms with E-state index < -0.39 is 4.92 Å². The molecule has 1 aromatic carbocycles. The van der Waals surface area contributed by atoms with E-state index in [0.717, 1.165) is 5.75 Å². The van der Waals surface area contributed by atoms with E-state index in [4.69, 9.17) is 4.74 Å². The molecule has 86 valence electrons. The lowest BCUT2D eigenvalue weighted by Crippen LogP contribution is -2.11. The molecular formula is C12H15NO3. The van der Waals surface area contributed by atoms with E-state index in [1.165, 1.54) is 6.92 Å². The lowest BCUT2D eigenvalue weighted by atomic mass is 10.2. The maximum Gasteiger partial charge on any atom is 0.239 e. The van der Waals surface area contributed by atoms with Gasteiger partial charge in [-0.25, -0.2) is 0 Å². The Morgan fingerprint density at radius 2 is 2.12 bits per heavy atom. The summed E-state index contributed by atoms with van der Waals surface area (Å²) < 4.78 is 5.58. The quantitative estimate of drug-likeness (QED) is 0.567. The molecule has 0 N–H and O–H groups in total. The van der Waals surface area contributed by atoms with Gasteiger partial charge in [0.1, 0.15) is 5.75 Å². The number of benzene rings is 1. The van der Waals surface area contributed by atoms with E-state index in [9.17, 15) is 10.1 Å². The van der Waals surface area contributed by atoms with Crippen molar-refractivity contribution in [2.75, 3.05) is 0 Å². The molecule has 1 atom stereocenters. The summed E-state index contributed by atoms with van der Waals surface area (Å²) in [4.78, 5) is 9.97. The number of nitro groups is 1. The first-order valence-corrected chi connectivity index (χ1v) is 5.12. The van der Waals surface area contributed by atoms with Crippen molar-refractivity contribution in [3.05, 3.63) is 52.2 Å². The van der Waals surface area contributed by atoms with Crippen LogP contribution in [0.4, 0.5) is 0 Å². The summed E-state index contributed by atoms with van der Waals surface area (Å²) in [6.07, 6.45) is 2.03. The third-order valence-corrected chi connectivity index (χ3v) is 2.11. The van der Waals surface area contributed by atoms with Crippen molar-refractivity contribution >= 4 is 0 Å². The molecule has 0 bridgehead atoms. The molecule has 0 amide bonds. The van der Waals surface area contributed by atoms with Crippen LogP contribution in [0.2, 0.25) is 0 Å². The van der Waals surface area contributed by atoms with E-state index in [1.54, 1.807) is 6.08 Å². The maximum atomic E-state index is 10.4. The molecule has 4 nitrogen and oxygen atoms in total. The van der Waals surface area contributed by atoms with E-state index in [1.807, 2.05) is 37.3 Å². The molecule has 0 heterocycles. The van der Waals surface area contributed by atoms with Crippen molar-refractivity contribution in [2.45, 2.75) is 26.4 Å². The van der Waals surface area contributed by atoms with Gasteiger partial charge in [-0.05, 0) is 25.1 Å². The number of allylic oxidation sites excluding steroid dienone is 1. The molecular weight excluding hydrogens is 206 g/mol. The summed E-state index contributed by atoms with van der Waals surface area (Å²) in [6.45, 7) is 3.37. The molecule has 4 heteroatoms. The number of para-hydroxylation sites is 1. The van der Waals surface area contributed by atoms with Crippen molar-refractivity contribution in [3.8, 4) is 5.75 Å². The van der Waals surface area contributed by atoms with Crippen molar-refractivity contribution in [1.82, 2.24) is 0 Å². The Morgan fingerprint density at radius 3 is 2.69 bits per heavy atom. The number of hydrogen-bond donors (Lipinski definition) is 0. The van der Waals surface area contributed by atoms with Crippen LogP contribution in [0, 0.1) is 10.1 Å². The Labute approximate surface area is 94.7 Å². The highest BCUT2D eigenvalue weighted by molar-refractivity contribution is 5.21. The minimum Gasteiger partial charge on any atom is -0.490 e. The van der Waals surface area contributed by atoms with E-state index in [0.29, 0.717) is 6.42 Å². The average Bonchev–Trinajstić information content (AvgIpc) is 2.27. The number of ether oxygens (including phenoxy) is 1. The molecule has 0 aliphatic heterocycles. The largest absolute Gasteiger partial charge is 0.490 e. The van der Waals surface area contributed by atoms with Crippen LogP contribution in [-0.4, -0.2) is 11.0 Å². The highest BCUT2D eigenvalue weighted by Gasteiger charge is 2.05. The first-order valence-electron chi connectivity index (χ1n) is 5.12. The zero-order valence-corrected chi connectivity index (χ0v) is 9.42. The van der Waals surface area contributed by atoms with Crippen LogP contribution in [0.25, 0.3) is 0 Å². The van der Waals surface area contributed by atoms with Gasteiger partial charge in [-0.15, -0.1) is 0 Å². The van der Waals surface area contributed by atoms with Crippen LogP contribution >= 0.6 is 0 Å². The summed E-state index contributed by atoms with van der Waals surface area (Å²) in [7, 11) is 0. The molecule has 0 aromatic heterocycles. The molecule has 1 rings (SSSR count). The van der Waals surface area contributed by atoms with Crippen LogP contribution < -0.4 is 4.74 Å². The summed E-state index contributed by atoms with van der Waals surface area (Å²) in [5.41, 5.74) is 0.156. The lowest BCUT2D eigenvalue weighted by molar-refractivity contribution is -0.424. The van der Waals surface area contributed by atoms with Gasteiger partial charge in [-0.2, -0.15) is 0 Å². The Balaban J connectivity index is 2.46. The Hall–Kier alpha value is -1.84. The van der Waals surface area contributed by atoms with Crippen LogP contribution in [0.1, 0.15) is 20.3 Å². The van der Waals surface area contributed by atoms with Crippen molar-refractivity contribution < 1.29 is 9.66 Å². The molecule has 0 saturated heterocycles. The fourth-order valence-electron chi connectivity index (χ4n) is 1.19. The van der Waals surface area contributed by atoms with Crippen molar-refractivity contribution in [1.29, 1.82) is 0 Å². The van der Waals surface area contributed by atoms with Gasteiger partial charge in [-0.3, -0.25) is 10.1 Å². The summed E-state index contributed by atoms with van der Waals surface area (Å²) >= 11 is 0. The highest BCUT2D eigenvalue weighted by atomic mass is 16.6. The predicted molar refractivity (Wildman–Crippen MR) is 61.9 cm³/mol. The first kappa shape index (κ1) is 12.2. The topological polar surface area (TPSA) is 52.4 Å². The molecule has 0 aliphatic rings. The third kappa shape index (κ3) is 4.13. The normalized spacial score (nSPS) is 13.2. The van der Waals surface area contributed by atoms with E-state index in [-0.39, 0.29) is 11.8 Å². The van der Waals surface area contributed by atoms with Gasteiger partial charge < -0.3 is 4.74 Å². The smallest absolute Gasteiger partial charge is 0.239 e. The molecule has 1 aromatic rings. The van der Waals surface area contributed by atoms with Gasteiger partial charge in [0, 0.05) is 13.3 Å². The predicted octanol–water partition coefficient (Wildman–Crippen LogP) is 3.02. The minimum absolute atomic E-state index is 0.0719. The van der Waals surface area contributed by atoms with Gasteiger partial charge >= 0.3 is 0 Å². The number of nitrogens with zero attached hydrogens (tertiary/aromatic N) is 1. The van der Waals surface area contributed by atoms with Crippen LogP contribution in [0.3, 0.4) is 0 Å². The SMILES string of the molecule is C/C(=C\CC(C)Oc1ccccc1)[N+](=O)[O-]. The fourth-order valence-corrected chi connectivity index (χ4v) is 1.19. The molecule has 1 unspecified atom stereocenters. The lowest BCUT2D eigenvalue weighted by Gasteiger charge is -2.12. The average molecular weight is 221 g/mol. The Bertz CT molecular complexity index is 373. The zero-order chi connectivity index (χ0) is 12.0. The second-order valence-electron chi connectivity index (χ2n) is 3.58. The van der Waals surface area contributed by atoms with Crippen LogP contribution in [0.5, 0.6) is 5.75 Å². The summed E-state index contributed by atoms with van der Waals surface area (Å²) in [5.74, 6) is 0.780. The molecule has 16 heavy (non-hydrogen) atoms. The first-order chi connectivity index (χ1) is 7.59. The van der Waals surface area contributed by atoms with E-state index in [2.05, 4.69) is 0 Å². The molecule has 0 saturated carbocycles. The molecule has 0 fully saturated rings. The van der Waals surface area contributed by atoms with Crippen molar-refractivity contribution in [3.63, 3.8) is 0 Å². The van der Waals surface area contributed by atoms with Gasteiger partial charge in [0.15, 0.2) is 0 Å².